The predicted octanol–water partition coefficient (Wildman–Crippen LogP) is 4.99. The summed E-state index contributed by atoms with van der Waals surface area (Å²) in [4.78, 5) is 0. The molecule has 0 spiro atoms. The van der Waals surface area contributed by atoms with E-state index < -0.39 is 0 Å². The van der Waals surface area contributed by atoms with Crippen LogP contribution >= 0.6 is 0 Å². The molecule has 0 heterocycles. The SMILES string of the molecule is CCOc1ccccc1OCCOCCOc1cc(C(C)C)ccc1C. The Labute approximate surface area is 157 Å². The van der Waals surface area contributed by atoms with Crippen LogP contribution < -0.4 is 14.2 Å². The fourth-order valence-electron chi connectivity index (χ4n) is 2.50. The van der Waals surface area contributed by atoms with Crippen molar-refractivity contribution in [2.45, 2.75) is 33.6 Å². The molecule has 0 radical (unpaired) electrons. The van der Waals surface area contributed by atoms with Crippen LogP contribution in [0, 0.1) is 6.92 Å². The molecule has 0 atom stereocenters. The van der Waals surface area contributed by atoms with Gasteiger partial charge in [-0.2, -0.15) is 0 Å². The van der Waals surface area contributed by atoms with Gasteiger partial charge in [-0.1, -0.05) is 38.1 Å². The minimum atomic E-state index is 0.478. The van der Waals surface area contributed by atoms with Crippen molar-refractivity contribution in [2.75, 3.05) is 33.0 Å². The van der Waals surface area contributed by atoms with Crippen LogP contribution in [-0.4, -0.2) is 33.0 Å². The molecule has 0 fully saturated rings. The molecule has 0 N–H and O–H groups in total. The van der Waals surface area contributed by atoms with Crippen LogP contribution in [-0.2, 0) is 4.74 Å². The molecule has 0 saturated heterocycles. The number of hydrogen-bond donors (Lipinski definition) is 0. The summed E-state index contributed by atoms with van der Waals surface area (Å²) in [7, 11) is 0. The smallest absolute Gasteiger partial charge is 0.161 e. The maximum atomic E-state index is 5.86. The van der Waals surface area contributed by atoms with E-state index in [9.17, 15) is 0 Å². The van der Waals surface area contributed by atoms with E-state index in [4.69, 9.17) is 18.9 Å². The molecule has 4 heteroatoms. The topological polar surface area (TPSA) is 36.9 Å². The molecule has 2 aromatic rings. The summed E-state index contributed by atoms with van der Waals surface area (Å²) < 4.78 is 22.7. The largest absolute Gasteiger partial charge is 0.491 e. The van der Waals surface area contributed by atoms with Crippen LogP contribution in [0.25, 0.3) is 0 Å². The first-order valence-electron chi connectivity index (χ1n) is 9.27. The van der Waals surface area contributed by atoms with E-state index in [1.807, 2.05) is 31.2 Å². The van der Waals surface area contributed by atoms with E-state index in [0.29, 0.717) is 39.0 Å². The molecule has 0 aliphatic rings. The second-order valence-corrected chi connectivity index (χ2v) is 6.37. The molecule has 0 unspecified atom stereocenters. The van der Waals surface area contributed by atoms with Gasteiger partial charge in [-0.3, -0.25) is 0 Å². The third-order valence-electron chi connectivity index (χ3n) is 4.00. The third-order valence-corrected chi connectivity index (χ3v) is 4.00. The molecule has 26 heavy (non-hydrogen) atoms. The van der Waals surface area contributed by atoms with Crippen LogP contribution in [0.4, 0.5) is 0 Å². The van der Waals surface area contributed by atoms with Crippen LogP contribution in [0.5, 0.6) is 17.2 Å². The van der Waals surface area contributed by atoms with E-state index in [1.54, 1.807) is 0 Å². The molecular weight excluding hydrogens is 328 g/mol. The van der Waals surface area contributed by atoms with Gasteiger partial charge >= 0.3 is 0 Å². The van der Waals surface area contributed by atoms with Gasteiger partial charge in [-0.05, 0) is 49.1 Å². The highest BCUT2D eigenvalue weighted by Crippen LogP contribution is 2.26. The van der Waals surface area contributed by atoms with Crippen LogP contribution in [0.15, 0.2) is 42.5 Å². The summed E-state index contributed by atoms with van der Waals surface area (Å²) in [5.74, 6) is 2.93. The summed E-state index contributed by atoms with van der Waals surface area (Å²) in [5, 5.41) is 0. The van der Waals surface area contributed by atoms with Crippen LogP contribution in [0.3, 0.4) is 0 Å². The molecule has 4 nitrogen and oxygen atoms in total. The van der Waals surface area contributed by atoms with Gasteiger partial charge in [0.15, 0.2) is 11.5 Å². The average Bonchev–Trinajstić information content (AvgIpc) is 2.63. The van der Waals surface area contributed by atoms with E-state index in [0.717, 1.165) is 22.8 Å². The molecule has 0 amide bonds. The van der Waals surface area contributed by atoms with Gasteiger partial charge in [0.2, 0.25) is 0 Å². The summed E-state index contributed by atoms with van der Waals surface area (Å²) >= 11 is 0. The normalized spacial score (nSPS) is 10.8. The Morgan fingerprint density at radius 1 is 0.769 bits per heavy atom. The molecule has 142 valence electrons. The molecule has 2 rings (SSSR count). The standard InChI is InChI=1S/C22H30O4/c1-5-24-20-8-6-7-9-21(20)25-14-12-23-13-15-26-22-16-19(17(2)3)11-10-18(22)4/h6-11,16-17H,5,12-15H2,1-4H3. The first-order valence-corrected chi connectivity index (χ1v) is 9.27. The quantitative estimate of drug-likeness (QED) is 0.530. The van der Waals surface area contributed by atoms with Crippen molar-refractivity contribution in [1.82, 2.24) is 0 Å². The van der Waals surface area contributed by atoms with Gasteiger partial charge in [0, 0.05) is 0 Å². The number of ether oxygens (including phenoxy) is 4. The molecule has 0 aromatic heterocycles. The van der Waals surface area contributed by atoms with Crippen molar-refractivity contribution < 1.29 is 18.9 Å². The Bertz CT molecular complexity index is 667. The van der Waals surface area contributed by atoms with Gasteiger partial charge in [0.05, 0.1) is 19.8 Å². The molecule has 0 bridgehead atoms. The molecular formula is C22H30O4. The third kappa shape index (κ3) is 6.26. The first kappa shape index (κ1) is 20.1. The van der Waals surface area contributed by atoms with E-state index in [2.05, 4.69) is 39.0 Å². The highest BCUT2D eigenvalue weighted by Gasteiger charge is 2.05. The fraction of sp³-hybridized carbons (Fsp3) is 0.455. The Morgan fingerprint density at radius 3 is 2.00 bits per heavy atom. The minimum Gasteiger partial charge on any atom is -0.491 e. The van der Waals surface area contributed by atoms with Crippen molar-refractivity contribution in [2.24, 2.45) is 0 Å². The summed E-state index contributed by atoms with van der Waals surface area (Å²) in [6, 6.07) is 14.0. The van der Waals surface area contributed by atoms with Gasteiger partial charge in [-0.15, -0.1) is 0 Å². The van der Waals surface area contributed by atoms with E-state index in [1.165, 1.54) is 5.56 Å². The summed E-state index contributed by atoms with van der Waals surface area (Å²) in [6.45, 7) is 11.0. The highest BCUT2D eigenvalue weighted by molar-refractivity contribution is 5.39. The zero-order chi connectivity index (χ0) is 18.8. The van der Waals surface area contributed by atoms with E-state index in [-0.39, 0.29) is 0 Å². The Kier molecular flexibility index (Phi) is 8.29. The maximum absolute atomic E-state index is 5.86. The number of aryl methyl sites for hydroxylation is 1. The molecule has 0 aliphatic heterocycles. The van der Waals surface area contributed by atoms with Crippen molar-refractivity contribution >= 4 is 0 Å². The average molecular weight is 358 g/mol. The lowest BCUT2D eigenvalue weighted by Crippen LogP contribution is -2.12. The number of hydrogen-bond acceptors (Lipinski definition) is 4. The van der Waals surface area contributed by atoms with Crippen molar-refractivity contribution in [3.8, 4) is 17.2 Å². The van der Waals surface area contributed by atoms with Crippen molar-refractivity contribution in [3.63, 3.8) is 0 Å². The molecule has 2 aromatic carbocycles. The second kappa shape index (κ2) is 10.7. The van der Waals surface area contributed by atoms with Crippen molar-refractivity contribution in [1.29, 1.82) is 0 Å². The number of rotatable bonds is 11. The first-order chi connectivity index (χ1) is 12.6. The summed E-state index contributed by atoms with van der Waals surface area (Å²) in [6.07, 6.45) is 0. The Hall–Kier alpha value is -2.20. The van der Waals surface area contributed by atoms with Gasteiger partial charge in [-0.25, -0.2) is 0 Å². The Morgan fingerprint density at radius 2 is 1.38 bits per heavy atom. The lowest BCUT2D eigenvalue weighted by Gasteiger charge is -2.13. The maximum Gasteiger partial charge on any atom is 0.161 e. The molecule has 0 aliphatic carbocycles. The Balaban J connectivity index is 1.67. The van der Waals surface area contributed by atoms with Crippen molar-refractivity contribution in [3.05, 3.63) is 53.6 Å². The monoisotopic (exact) mass is 358 g/mol. The lowest BCUT2D eigenvalue weighted by atomic mass is 10.0. The van der Waals surface area contributed by atoms with Crippen LogP contribution in [0.1, 0.15) is 37.8 Å². The number of benzene rings is 2. The summed E-state index contributed by atoms with van der Waals surface area (Å²) in [5.41, 5.74) is 2.43. The highest BCUT2D eigenvalue weighted by atomic mass is 16.6. The fourth-order valence-corrected chi connectivity index (χ4v) is 2.50. The zero-order valence-corrected chi connectivity index (χ0v) is 16.3. The van der Waals surface area contributed by atoms with Crippen LogP contribution in [0.2, 0.25) is 0 Å². The zero-order valence-electron chi connectivity index (χ0n) is 16.3. The van der Waals surface area contributed by atoms with Gasteiger partial charge in [0.1, 0.15) is 19.0 Å². The minimum absolute atomic E-state index is 0.478. The lowest BCUT2D eigenvalue weighted by molar-refractivity contribution is 0.0754. The van der Waals surface area contributed by atoms with Gasteiger partial charge < -0.3 is 18.9 Å². The van der Waals surface area contributed by atoms with E-state index >= 15 is 0 Å². The second-order valence-electron chi connectivity index (χ2n) is 6.37. The van der Waals surface area contributed by atoms with Gasteiger partial charge in [0.25, 0.3) is 0 Å². The molecule has 0 saturated carbocycles. The number of para-hydroxylation sites is 2. The predicted molar refractivity (Wildman–Crippen MR) is 105 cm³/mol.